The molecule has 7 heteroatoms. The Hall–Kier alpha value is -0.980. The monoisotopic (exact) mass is 281 g/mol. The minimum Gasteiger partial charge on any atom is -0.329 e. The first kappa shape index (κ1) is 16.1. The highest BCUT2D eigenvalue weighted by Crippen LogP contribution is 2.21. The lowest BCUT2D eigenvalue weighted by Gasteiger charge is -2.40. The highest BCUT2D eigenvalue weighted by Gasteiger charge is 2.32. The maximum Gasteiger partial charge on any atom is 0.405 e. The topological polar surface area (TPSA) is 35.6 Å². The number of amides is 2. The molecule has 0 aromatic heterocycles. The van der Waals surface area contributed by atoms with Gasteiger partial charge < -0.3 is 15.1 Å². The van der Waals surface area contributed by atoms with E-state index in [1.165, 1.54) is 4.90 Å². The number of alkyl halides is 3. The van der Waals surface area contributed by atoms with Crippen molar-refractivity contribution in [2.45, 2.75) is 44.9 Å². The standard InChI is InChI=1S/C12H22F3N3O/c1-4-18-6-5-10(7-9(18)2)17(3)11(19)16-8-12(13,14)15/h9-10H,4-8H2,1-3H3,(H,16,19)/t9-,10+/m1/s1. The van der Waals surface area contributed by atoms with Gasteiger partial charge in [0.05, 0.1) is 0 Å². The zero-order valence-electron chi connectivity index (χ0n) is 11.6. The lowest BCUT2D eigenvalue weighted by molar-refractivity contribution is -0.123. The summed E-state index contributed by atoms with van der Waals surface area (Å²) in [6.45, 7) is 4.71. The zero-order chi connectivity index (χ0) is 14.6. The Kier molecular flexibility index (Phi) is 5.46. The van der Waals surface area contributed by atoms with Crippen molar-refractivity contribution in [3.05, 3.63) is 0 Å². The first-order valence-corrected chi connectivity index (χ1v) is 6.56. The van der Waals surface area contributed by atoms with Crippen LogP contribution in [-0.2, 0) is 0 Å². The van der Waals surface area contributed by atoms with Crippen LogP contribution in [0.3, 0.4) is 0 Å². The van der Waals surface area contributed by atoms with E-state index in [4.69, 9.17) is 0 Å². The van der Waals surface area contributed by atoms with Crippen molar-refractivity contribution in [3.8, 4) is 0 Å². The van der Waals surface area contributed by atoms with Crippen molar-refractivity contribution in [3.63, 3.8) is 0 Å². The summed E-state index contributed by atoms with van der Waals surface area (Å²) in [4.78, 5) is 15.3. The molecule has 2 amide bonds. The summed E-state index contributed by atoms with van der Waals surface area (Å²) in [5.41, 5.74) is 0. The number of hydrogen-bond acceptors (Lipinski definition) is 2. The van der Waals surface area contributed by atoms with Crippen LogP contribution in [0, 0.1) is 0 Å². The summed E-state index contributed by atoms with van der Waals surface area (Å²) < 4.78 is 36.1. The Bertz CT molecular complexity index is 309. The van der Waals surface area contributed by atoms with Gasteiger partial charge in [0.15, 0.2) is 0 Å². The number of rotatable bonds is 3. The summed E-state index contributed by atoms with van der Waals surface area (Å²) in [6, 6.07) is -0.299. The number of piperidine rings is 1. The molecule has 1 saturated heterocycles. The minimum atomic E-state index is -4.37. The molecular formula is C12H22F3N3O. The van der Waals surface area contributed by atoms with Crippen LogP contribution in [0.5, 0.6) is 0 Å². The van der Waals surface area contributed by atoms with Crippen molar-refractivity contribution < 1.29 is 18.0 Å². The summed E-state index contributed by atoms with van der Waals surface area (Å²) in [5.74, 6) is 0. The first-order chi connectivity index (χ1) is 8.74. The van der Waals surface area contributed by atoms with Crippen molar-refractivity contribution in [2.24, 2.45) is 0 Å². The molecule has 4 nitrogen and oxygen atoms in total. The number of likely N-dealkylation sites (tertiary alicyclic amines) is 1. The average molecular weight is 281 g/mol. The van der Waals surface area contributed by atoms with Crippen LogP contribution in [-0.4, -0.2) is 60.8 Å². The molecule has 0 bridgehead atoms. The fraction of sp³-hybridized carbons (Fsp3) is 0.917. The Morgan fingerprint density at radius 3 is 2.58 bits per heavy atom. The lowest BCUT2D eigenvalue weighted by Crippen LogP contribution is -2.52. The maximum atomic E-state index is 12.0. The predicted octanol–water partition coefficient (Wildman–Crippen LogP) is 2.06. The molecule has 0 radical (unpaired) electrons. The highest BCUT2D eigenvalue weighted by atomic mass is 19.4. The minimum absolute atomic E-state index is 0.00559. The Morgan fingerprint density at radius 1 is 1.47 bits per heavy atom. The van der Waals surface area contributed by atoms with Gasteiger partial charge in [-0.1, -0.05) is 6.92 Å². The number of carbonyl (C=O) groups is 1. The van der Waals surface area contributed by atoms with E-state index < -0.39 is 18.8 Å². The fourth-order valence-corrected chi connectivity index (χ4v) is 2.48. The van der Waals surface area contributed by atoms with Gasteiger partial charge in [0, 0.05) is 25.7 Å². The molecule has 0 aromatic carbocycles. The van der Waals surface area contributed by atoms with Crippen molar-refractivity contribution in [2.75, 3.05) is 26.7 Å². The van der Waals surface area contributed by atoms with Gasteiger partial charge in [0.1, 0.15) is 6.54 Å². The molecule has 19 heavy (non-hydrogen) atoms. The van der Waals surface area contributed by atoms with E-state index in [0.29, 0.717) is 6.04 Å². The largest absolute Gasteiger partial charge is 0.405 e. The quantitative estimate of drug-likeness (QED) is 0.859. The second-order valence-corrected chi connectivity index (χ2v) is 5.04. The van der Waals surface area contributed by atoms with E-state index in [1.54, 1.807) is 7.05 Å². The molecule has 2 atom stereocenters. The van der Waals surface area contributed by atoms with Crippen LogP contribution >= 0.6 is 0 Å². The molecule has 112 valence electrons. The summed E-state index contributed by atoms with van der Waals surface area (Å²) in [6.07, 6.45) is -2.77. The fourth-order valence-electron chi connectivity index (χ4n) is 2.48. The van der Waals surface area contributed by atoms with E-state index in [1.807, 2.05) is 5.32 Å². The van der Waals surface area contributed by atoms with E-state index in [0.717, 1.165) is 25.9 Å². The van der Waals surface area contributed by atoms with Crippen molar-refractivity contribution in [1.82, 2.24) is 15.1 Å². The van der Waals surface area contributed by atoms with Gasteiger partial charge in [-0.25, -0.2) is 4.79 Å². The van der Waals surface area contributed by atoms with Crippen molar-refractivity contribution >= 4 is 6.03 Å². The summed E-state index contributed by atoms with van der Waals surface area (Å²) in [5, 5.41) is 1.91. The van der Waals surface area contributed by atoms with E-state index in [2.05, 4.69) is 18.7 Å². The smallest absolute Gasteiger partial charge is 0.329 e. The molecule has 1 heterocycles. The first-order valence-electron chi connectivity index (χ1n) is 6.56. The number of carbonyl (C=O) groups excluding carboxylic acids is 1. The zero-order valence-corrected chi connectivity index (χ0v) is 11.6. The van der Waals surface area contributed by atoms with Crippen LogP contribution in [0.4, 0.5) is 18.0 Å². The molecule has 0 aromatic rings. The maximum absolute atomic E-state index is 12.0. The van der Waals surface area contributed by atoms with Gasteiger partial charge in [-0.15, -0.1) is 0 Å². The number of nitrogens with zero attached hydrogens (tertiary/aromatic N) is 2. The highest BCUT2D eigenvalue weighted by molar-refractivity contribution is 5.74. The van der Waals surface area contributed by atoms with Gasteiger partial charge >= 0.3 is 12.2 Å². The van der Waals surface area contributed by atoms with Crippen LogP contribution in [0.15, 0.2) is 0 Å². The second-order valence-electron chi connectivity index (χ2n) is 5.04. The number of hydrogen-bond donors (Lipinski definition) is 1. The Morgan fingerprint density at radius 2 is 2.11 bits per heavy atom. The van der Waals surface area contributed by atoms with Gasteiger partial charge in [-0.05, 0) is 26.3 Å². The molecular weight excluding hydrogens is 259 g/mol. The molecule has 1 rings (SSSR count). The SMILES string of the molecule is CCN1CC[C@H](N(C)C(=O)NCC(F)(F)F)C[C@H]1C. The molecule has 1 aliphatic rings. The van der Waals surface area contributed by atoms with E-state index >= 15 is 0 Å². The molecule has 0 spiro atoms. The van der Waals surface area contributed by atoms with Gasteiger partial charge in [-0.3, -0.25) is 0 Å². The molecule has 0 unspecified atom stereocenters. The lowest BCUT2D eigenvalue weighted by atomic mass is 9.97. The molecule has 1 aliphatic heterocycles. The van der Waals surface area contributed by atoms with Gasteiger partial charge in [0.2, 0.25) is 0 Å². The number of urea groups is 1. The average Bonchev–Trinajstić information content (AvgIpc) is 2.34. The predicted molar refractivity (Wildman–Crippen MR) is 66.9 cm³/mol. The third-order valence-corrected chi connectivity index (χ3v) is 3.70. The second kappa shape index (κ2) is 6.45. The van der Waals surface area contributed by atoms with Crippen LogP contribution in [0.25, 0.3) is 0 Å². The normalized spacial score (nSPS) is 25.2. The number of halogens is 3. The third-order valence-electron chi connectivity index (χ3n) is 3.70. The Labute approximate surface area is 111 Å². The molecule has 1 N–H and O–H groups in total. The van der Waals surface area contributed by atoms with E-state index in [9.17, 15) is 18.0 Å². The third kappa shape index (κ3) is 4.89. The molecule has 1 fully saturated rings. The van der Waals surface area contributed by atoms with Crippen LogP contribution in [0.1, 0.15) is 26.7 Å². The van der Waals surface area contributed by atoms with Crippen LogP contribution < -0.4 is 5.32 Å². The Balaban J connectivity index is 2.45. The van der Waals surface area contributed by atoms with Crippen molar-refractivity contribution in [1.29, 1.82) is 0 Å². The number of nitrogens with one attached hydrogen (secondary N) is 1. The van der Waals surface area contributed by atoms with E-state index in [-0.39, 0.29) is 6.04 Å². The van der Waals surface area contributed by atoms with Gasteiger partial charge in [-0.2, -0.15) is 13.2 Å². The van der Waals surface area contributed by atoms with Crippen LogP contribution in [0.2, 0.25) is 0 Å². The summed E-state index contributed by atoms with van der Waals surface area (Å²) >= 11 is 0. The summed E-state index contributed by atoms with van der Waals surface area (Å²) in [7, 11) is 1.56. The molecule has 0 aliphatic carbocycles. The molecule has 0 saturated carbocycles. The van der Waals surface area contributed by atoms with Gasteiger partial charge in [0.25, 0.3) is 0 Å².